The molecule has 36 valence electrons. The lowest BCUT2D eigenvalue weighted by Gasteiger charge is -1.82. The van der Waals surface area contributed by atoms with Crippen molar-refractivity contribution in [3.8, 4) is 0 Å². The van der Waals surface area contributed by atoms with Crippen molar-refractivity contribution in [2.45, 2.75) is 0 Å². The van der Waals surface area contributed by atoms with Crippen molar-refractivity contribution < 1.29 is 5.21 Å². The Kier molecular flexibility index (Phi) is 2.66. The molecule has 6 heavy (non-hydrogen) atoms. The standard InChI is InChI=1S/C2H6N2OS/c1-6-2(3)4-5/h5H,1H3,(H2,3,4). The van der Waals surface area contributed by atoms with Crippen molar-refractivity contribution in [3.05, 3.63) is 0 Å². The van der Waals surface area contributed by atoms with E-state index in [9.17, 15) is 0 Å². The molecule has 0 rings (SSSR count). The minimum absolute atomic E-state index is 0.190. The summed E-state index contributed by atoms with van der Waals surface area (Å²) in [5.74, 6) is 0. The molecule has 3 N–H and O–H groups in total. The summed E-state index contributed by atoms with van der Waals surface area (Å²) >= 11 is 1.20. The van der Waals surface area contributed by atoms with Crippen LogP contribution in [-0.2, 0) is 0 Å². The van der Waals surface area contributed by atoms with Crippen LogP contribution in [0.1, 0.15) is 0 Å². The van der Waals surface area contributed by atoms with Crippen LogP contribution in [0.2, 0.25) is 0 Å². The first-order chi connectivity index (χ1) is 2.81. The Morgan fingerprint density at radius 2 is 2.50 bits per heavy atom. The van der Waals surface area contributed by atoms with Crippen LogP contribution in [0.5, 0.6) is 0 Å². The average molecular weight is 106 g/mol. The van der Waals surface area contributed by atoms with Crippen LogP contribution in [0.25, 0.3) is 0 Å². The fraction of sp³-hybridized carbons (Fsp3) is 0.500. The topological polar surface area (TPSA) is 58.6 Å². The summed E-state index contributed by atoms with van der Waals surface area (Å²) in [6.45, 7) is 0. The SMILES string of the molecule is CS/C(N)=N/O. The van der Waals surface area contributed by atoms with Crippen LogP contribution in [0.15, 0.2) is 5.16 Å². The van der Waals surface area contributed by atoms with Gasteiger partial charge in [-0.15, -0.1) is 0 Å². The average Bonchev–Trinajstić information content (AvgIpc) is 1.65. The summed E-state index contributed by atoms with van der Waals surface area (Å²) in [7, 11) is 0. The molecule has 0 bridgehead atoms. The summed E-state index contributed by atoms with van der Waals surface area (Å²) in [6, 6.07) is 0. The van der Waals surface area contributed by atoms with E-state index in [0.717, 1.165) is 0 Å². The predicted octanol–water partition coefficient (Wildman–Crippen LogP) is 0.0533. The molecule has 0 atom stereocenters. The molecule has 0 heterocycles. The summed E-state index contributed by atoms with van der Waals surface area (Å²) in [6.07, 6.45) is 1.73. The molecule has 0 aliphatic carbocycles. The fourth-order valence-electron chi connectivity index (χ4n) is 0.0408. The molecule has 0 aromatic carbocycles. The smallest absolute Gasteiger partial charge is 0.197 e. The third-order valence-corrected chi connectivity index (χ3v) is 0.808. The first kappa shape index (κ1) is 5.62. The lowest BCUT2D eigenvalue weighted by molar-refractivity contribution is 0.320. The van der Waals surface area contributed by atoms with E-state index in [1.165, 1.54) is 11.8 Å². The third kappa shape index (κ3) is 1.90. The van der Waals surface area contributed by atoms with Crippen LogP contribution >= 0.6 is 11.8 Å². The fourth-order valence-corrected chi connectivity index (χ4v) is 0.122. The van der Waals surface area contributed by atoms with Crippen molar-refractivity contribution in [3.63, 3.8) is 0 Å². The van der Waals surface area contributed by atoms with Gasteiger partial charge < -0.3 is 10.9 Å². The molecule has 3 nitrogen and oxygen atoms in total. The normalized spacial score (nSPS) is 11.8. The van der Waals surface area contributed by atoms with Crippen molar-refractivity contribution >= 4 is 16.9 Å². The van der Waals surface area contributed by atoms with Crippen LogP contribution in [0.4, 0.5) is 0 Å². The Balaban J connectivity index is 3.22. The maximum absolute atomic E-state index is 7.78. The lowest BCUT2D eigenvalue weighted by atomic mass is 11.4. The molecule has 0 aliphatic heterocycles. The van der Waals surface area contributed by atoms with E-state index >= 15 is 0 Å². The third-order valence-electron chi connectivity index (χ3n) is 0.308. The molecule has 0 amide bonds. The monoisotopic (exact) mass is 106 g/mol. The van der Waals surface area contributed by atoms with Gasteiger partial charge in [0.05, 0.1) is 0 Å². The number of amidine groups is 1. The minimum Gasteiger partial charge on any atom is -0.409 e. The lowest BCUT2D eigenvalue weighted by Crippen LogP contribution is -2.03. The second kappa shape index (κ2) is 2.84. The largest absolute Gasteiger partial charge is 0.409 e. The quantitative estimate of drug-likeness (QED) is 0.198. The molecule has 4 heteroatoms. The summed E-state index contributed by atoms with van der Waals surface area (Å²) in [5, 5.41) is 10.6. The number of thioether (sulfide) groups is 1. The highest BCUT2D eigenvalue weighted by molar-refractivity contribution is 8.13. The van der Waals surface area contributed by atoms with Crippen LogP contribution in [-0.4, -0.2) is 16.6 Å². The van der Waals surface area contributed by atoms with Gasteiger partial charge in [0.25, 0.3) is 0 Å². The highest BCUT2D eigenvalue weighted by Crippen LogP contribution is 1.86. The van der Waals surface area contributed by atoms with E-state index in [-0.39, 0.29) is 5.17 Å². The Morgan fingerprint density at radius 1 is 2.00 bits per heavy atom. The summed E-state index contributed by atoms with van der Waals surface area (Å²) in [5.41, 5.74) is 4.94. The Labute approximate surface area is 40.2 Å². The van der Waals surface area contributed by atoms with Crippen molar-refractivity contribution in [1.29, 1.82) is 0 Å². The van der Waals surface area contributed by atoms with Gasteiger partial charge in [0.2, 0.25) is 0 Å². The summed E-state index contributed by atoms with van der Waals surface area (Å²) in [4.78, 5) is 0. The van der Waals surface area contributed by atoms with Gasteiger partial charge in [0.15, 0.2) is 5.17 Å². The molecule has 0 spiro atoms. The van der Waals surface area contributed by atoms with Gasteiger partial charge in [-0.3, -0.25) is 0 Å². The molecule has 0 aliphatic rings. The van der Waals surface area contributed by atoms with Gasteiger partial charge in [0.1, 0.15) is 0 Å². The zero-order valence-corrected chi connectivity index (χ0v) is 4.20. The second-order valence-corrected chi connectivity index (χ2v) is 1.47. The predicted molar refractivity (Wildman–Crippen MR) is 26.9 cm³/mol. The van der Waals surface area contributed by atoms with Gasteiger partial charge in [-0.25, -0.2) is 0 Å². The first-order valence-corrected chi connectivity index (χ1v) is 2.55. The van der Waals surface area contributed by atoms with Crippen molar-refractivity contribution in [2.24, 2.45) is 10.9 Å². The number of hydrogen-bond donors (Lipinski definition) is 2. The zero-order valence-electron chi connectivity index (χ0n) is 3.38. The van der Waals surface area contributed by atoms with Gasteiger partial charge in [-0.05, 0) is 6.26 Å². The number of nitrogens with zero attached hydrogens (tertiary/aromatic N) is 1. The first-order valence-electron chi connectivity index (χ1n) is 1.32. The van der Waals surface area contributed by atoms with E-state index in [2.05, 4.69) is 5.16 Å². The van der Waals surface area contributed by atoms with E-state index in [0.29, 0.717) is 0 Å². The second-order valence-electron chi connectivity index (χ2n) is 0.642. The van der Waals surface area contributed by atoms with Crippen LogP contribution in [0, 0.1) is 0 Å². The Hall–Kier alpha value is -0.380. The van der Waals surface area contributed by atoms with Crippen molar-refractivity contribution in [2.75, 3.05) is 6.26 Å². The van der Waals surface area contributed by atoms with E-state index in [4.69, 9.17) is 10.9 Å². The molecular weight excluding hydrogens is 100 g/mol. The minimum atomic E-state index is 0.190. The van der Waals surface area contributed by atoms with Gasteiger partial charge in [-0.2, -0.15) is 0 Å². The summed E-state index contributed by atoms with van der Waals surface area (Å²) < 4.78 is 0. The van der Waals surface area contributed by atoms with E-state index in [1.807, 2.05) is 0 Å². The van der Waals surface area contributed by atoms with Gasteiger partial charge in [0, 0.05) is 0 Å². The van der Waals surface area contributed by atoms with Crippen LogP contribution in [0.3, 0.4) is 0 Å². The molecular formula is C2H6N2OS. The molecule has 0 aromatic heterocycles. The Bertz CT molecular complexity index is 62.6. The number of hydrogen-bond acceptors (Lipinski definition) is 3. The van der Waals surface area contributed by atoms with E-state index in [1.54, 1.807) is 6.26 Å². The molecule has 0 fully saturated rings. The maximum Gasteiger partial charge on any atom is 0.197 e. The maximum atomic E-state index is 7.78. The number of rotatable bonds is 0. The molecule has 0 saturated heterocycles. The molecule has 0 radical (unpaired) electrons. The molecule has 0 saturated carbocycles. The van der Waals surface area contributed by atoms with E-state index < -0.39 is 0 Å². The number of oxime groups is 1. The Morgan fingerprint density at radius 3 is 2.50 bits per heavy atom. The molecule has 0 aromatic rings. The number of nitrogens with two attached hydrogens (primary N) is 1. The van der Waals surface area contributed by atoms with Crippen LogP contribution < -0.4 is 5.73 Å². The molecule has 0 unspecified atom stereocenters. The zero-order chi connectivity index (χ0) is 4.99. The van der Waals surface area contributed by atoms with Gasteiger partial charge >= 0.3 is 0 Å². The highest BCUT2D eigenvalue weighted by atomic mass is 32.2. The van der Waals surface area contributed by atoms with Crippen molar-refractivity contribution in [1.82, 2.24) is 0 Å². The van der Waals surface area contributed by atoms with Gasteiger partial charge in [-0.1, -0.05) is 16.9 Å². The highest BCUT2D eigenvalue weighted by Gasteiger charge is 1.78.